The Kier molecular flexibility index (Phi) is 7.55. The summed E-state index contributed by atoms with van der Waals surface area (Å²) in [7, 11) is 0. The zero-order chi connectivity index (χ0) is 20.7. The number of nitrogens with one attached hydrogen (secondary N) is 1. The minimum Gasteiger partial charge on any atom is -0.483 e. The predicted molar refractivity (Wildman–Crippen MR) is 107 cm³/mol. The van der Waals surface area contributed by atoms with Crippen molar-refractivity contribution in [1.29, 1.82) is 0 Å². The van der Waals surface area contributed by atoms with Crippen LogP contribution in [0.25, 0.3) is 0 Å². The molecule has 0 aliphatic rings. The molecule has 0 spiro atoms. The van der Waals surface area contributed by atoms with Gasteiger partial charge in [-0.05, 0) is 57.0 Å². The lowest BCUT2D eigenvalue weighted by Gasteiger charge is -2.28. The molecule has 0 saturated heterocycles. The van der Waals surface area contributed by atoms with Crippen molar-refractivity contribution in [3.05, 3.63) is 65.0 Å². The van der Waals surface area contributed by atoms with Gasteiger partial charge in [0.2, 0.25) is 5.91 Å². The minimum atomic E-state index is -0.680. The lowest BCUT2D eigenvalue weighted by molar-refractivity contribution is -0.142. The summed E-state index contributed by atoms with van der Waals surface area (Å²) in [5.74, 6) is -0.282. The third-order valence-electron chi connectivity index (χ3n) is 4.47. The third kappa shape index (κ3) is 5.81. The number of carbonyl (C=O) groups is 2. The van der Waals surface area contributed by atoms with Crippen LogP contribution in [-0.4, -0.2) is 35.9 Å². The SMILES string of the molecule is CCNC(=O)[C@H](C)N(Cc1ccc(F)cc1)C(=O)COc1ccc(C)cc1C. The first kappa shape index (κ1) is 21.4. The Morgan fingerprint density at radius 1 is 1.14 bits per heavy atom. The van der Waals surface area contributed by atoms with E-state index in [0.717, 1.165) is 16.7 Å². The predicted octanol–water partition coefficient (Wildman–Crippen LogP) is 3.37. The van der Waals surface area contributed by atoms with E-state index in [-0.39, 0.29) is 30.8 Å². The van der Waals surface area contributed by atoms with Gasteiger partial charge in [0.25, 0.3) is 5.91 Å². The van der Waals surface area contributed by atoms with E-state index >= 15 is 0 Å². The number of benzene rings is 2. The maximum absolute atomic E-state index is 13.2. The molecule has 0 aliphatic heterocycles. The fraction of sp³-hybridized carbons (Fsp3) is 0.364. The van der Waals surface area contributed by atoms with Crippen molar-refractivity contribution in [2.24, 2.45) is 0 Å². The normalized spacial score (nSPS) is 11.6. The standard InChI is InChI=1S/C22H27FN2O3/c1-5-24-22(27)17(4)25(13-18-7-9-19(23)10-8-18)21(26)14-28-20-11-6-15(2)12-16(20)3/h6-12,17H,5,13-14H2,1-4H3,(H,24,27)/t17-/m0/s1. The molecule has 2 aromatic rings. The number of hydrogen-bond donors (Lipinski definition) is 1. The number of hydrogen-bond acceptors (Lipinski definition) is 3. The highest BCUT2D eigenvalue weighted by molar-refractivity contribution is 5.87. The lowest BCUT2D eigenvalue weighted by Crippen LogP contribution is -2.49. The van der Waals surface area contributed by atoms with Gasteiger partial charge in [-0.1, -0.05) is 29.8 Å². The second kappa shape index (κ2) is 9.88. The zero-order valence-corrected chi connectivity index (χ0v) is 16.8. The van der Waals surface area contributed by atoms with E-state index in [4.69, 9.17) is 4.74 Å². The molecule has 0 aliphatic carbocycles. The summed E-state index contributed by atoms with van der Waals surface area (Å²) in [5.41, 5.74) is 2.78. The molecule has 28 heavy (non-hydrogen) atoms. The van der Waals surface area contributed by atoms with Crippen molar-refractivity contribution in [2.75, 3.05) is 13.2 Å². The van der Waals surface area contributed by atoms with Gasteiger partial charge in [0.05, 0.1) is 0 Å². The second-order valence-electron chi connectivity index (χ2n) is 6.78. The maximum atomic E-state index is 13.2. The quantitative estimate of drug-likeness (QED) is 0.757. The Bertz CT molecular complexity index is 821. The van der Waals surface area contributed by atoms with Gasteiger partial charge in [-0.3, -0.25) is 9.59 Å². The molecule has 0 bridgehead atoms. The molecule has 1 atom stereocenters. The van der Waals surface area contributed by atoms with Crippen LogP contribution in [-0.2, 0) is 16.1 Å². The molecule has 0 saturated carbocycles. The van der Waals surface area contributed by atoms with Crippen molar-refractivity contribution in [3.8, 4) is 5.75 Å². The molecule has 2 aromatic carbocycles. The van der Waals surface area contributed by atoms with Gasteiger partial charge >= 0.3 is 0 Å². The molecule has 0 unspecified atom stereocenters. The van der Waals surface area contributed by atoms with E-state index in [1.54, 1.807) is 19.1 Å². The van der Waals surface area contributed by atoms with Gasteiger partial charge in [-0.25, -0.2) is 4.39 Å². The topological polar surface area (TPSA) is 58.6 Å². The number of rotatable bonds is 8. The van der Waals surface area contributed by atoms with Gasteiger partial charge in [-0.15, -0.1) is 0 Å². The Morgan fingerprint density at radius 3 is 2.43 bits per heavy atom. The number of likely N-dealkylation sites (N-methyl/N-ethyl adjacent to an activating group) is 1. The summed E-state index contributed by atoms with van der Waals surface area (Å²) < 4.78 is 18.9. The first-order valence-corrected chi connectivity index (χ1v) is 9.33. The smallest absolute Gasteiger partial charge is 0.261 e. The molecule has 0 aromatic heterocycles. The number of amides is 2. The molecule has 0 fully saturated rings. The van der Waals surface area contributed by atoms with Crippen molar-refractivity contribution in [1.82, 2.24) is 10.2 Å². The van der Waals surface area contributed by atoms with Crippen LogP contribution >= 0.6 is 0 Å². The van der Waals surface area contributed by atoms with Crippen molar-refractivity contribution < 1.29 is 18.7 Å². The highest BCUT2D eigenvalue weighted by Crippen LogP contribution is 2.19. The van der Waals surface area contributed by atoms with Crippen LogP contribution in [0.2, 0.25) is 0 Å². The average Bonchev–Trinajstić information content (AvgIpc) is 2.66. The van der Waals surface area contributed by atoms with Gasteiger partial charge in [0, 0.05) is 13.1 Å². The molecule has 2 rings (SSSR count). The molecular weight excluding hydrogens is 359 g/mol. The third-order valence-corrected chi connectivity index (χ3v) is 4.47. The van der Waals surface area contributed by atoms with Crippen LogP contribution in [0.1, 0.15) is 30.5 Å². The summed E-state index contributed by atoms with van der Waals surface area (Å²) in [6, 6.07) is 10.9. The largest absolute Gasteiger partial charge is 0.483 e. The number of nitrogens with zero attached hydrogens (tertiary/aromatic N) is 1. The molecule has 5 nitrogen and oxygen atoms in total. The van der Waals surface area contributed by atoms with Crippen LogP contribution in [0.3, 0.4) is 0 Å². The second-order valence-corrected chi connectivity index (χ2v) is 6.78. The highest BCUT2D eigenvalue weighted by Gasteiger charge is 2.26. The first-order valence-electron chi connectivity index (χ1n) is 9.33. The molecule has 6 heteroatoms. The Balaban J connectivity index is 2.15. The summed E-state index contributed by atoms with van der Waals surface area (Å²) >= 11 is 0. The summed E-state index contributed by atoms with van der Waals surface area (Å²) in [5, 5.41) is 2.73. The zero-order valence-electron chi connectivity index (χ0n) is 16.8. The van der Waals surface area contributed by atoms with Crippen molar-refractivity contribution >= 4 is 11.8 Å². The van der Waals surface area contributed by atoms with Gasteiger partial charge < -0.3 is 15.0 Å². The van der Waals surface area contributed by atoms with Crippen LogP contribution in [0, 0.1) is 19.7 Å². The van der Waals surface area contributed by atoms with E-state index in [1.165, 1.54) is 17.0 Å². The van der Waals surface area contributed by atoms with Crippen LogP contribution in [0.5, 0.6) is 5.75 Å². The minimum absolute atomic E-state index is 0.186. The molecule has 0 radical (unpaired) electrons. The summed E-state index contributed by atoms with van der Waals surface area (Å²) in [6.07, 6.45) is 0. The fourth-order valence-electron chi connectivity index (χ4n) is 2.87. The van der Waals surface area contributed by atoms with Crippen molar-refractivity contribution in [3.63, 3.8) is 0 Å². The molecule has 150 valence electrons. The number of ether oxygens (including phenoxy) is 1. The van der Waals surface area contributed by atoms with Crippen LogP contribution < -0.4 is 10.1 Å². The van der Waals surface area contributed by atoms with Gasteiger partial charge in [-0.2, -0.15) is 0 Å². The Hall–Kier alpha value is -2.89. The van der Waals surface area contributed by atoms with E-state index in [1.807, 2.05) is 39.0 Å². The molecular formula is C22H27FN2O3. The molecule has 2 amide bonds. The van der Waals surface area contributed by atoms with Crippen LogP contribution in [0.15, 0.2) is 42.5 Å². The number of halogens is 1. The summed E-state index contributed by atoms with van der Waals surface area (Å²) in [6.45, 7) is 7.87. The average molecular weight is 386 g/mol. The Morgan fingerprint density at radius 2 is 1.82 bits per heavy atom. The van der Waals surface area contributed by atoms with Crippen LogP contribution in [0.4, 0.5) is 4.39 Å². The molecule has 0 heterocycles. The number of aryl methyl sites for hydroxylation is 2. The van der Waals surface area contributed by atoms with E-state index in [9.17, 15) is 14.0 Å². The molecule has 1 N–H and O–H groups in total. The van der Waals surface area contributed by atoms with Gasteiger partial charge in [0.15, 0.2) is 6.61 Å². The Labute approximate surface area is 165 Å². The van der Waals surface area contributed by atoms with Crippen molar-refractivity contribution in [2.45, 2.75) is 40.3 Å². The van der Waals surface area contributed by atoms with E-state index in [0.29, 0.717) is 12.3 Å². The monoisotopic (exact) mass is 386 g/mol. The van der Waals surface area contributed by atoms with E-state index < -0.39 is 6.04 Å². The fourth-order valence-corrected chi connectivity index (χ4v) is 2.87. The highest BCUT2D eigenvalue weighted by atomic mass is 19.1. The van der Waals surface area contributed by atoms with Gasteiger partial charge in [0.1, 0.15) is 17.6 Å². The lowest BCUT2D eigenvalue weighted by atomic mass is 10.1. The maximum Gasteiger partial charge on any atom is 0.261 e. The van der Waals surface area contributed by atoms with E-state index in [2.05, 4.69) is 5.32 Å². The first-order chi connectivity index (χ1) is 13.3. The summed E-state index contributed by atoms with van der Waals surface area (Å²) in [4.78, 5) is 26.6. The number of carbonyl (C=O) groups excluding carboxylic acids is 2.